The van der Waals surface area contributed by atoms with Crippen molar-refractivity contribution in [2.75, 3.05) is 0 Å². The average Bonchev–Trinajstić information content (AvgIpc) is 3.65. The maximum atomic E-state index is 5.52. The van der Waals surface area contributed by atoms with E-state index in [4.69, 9.17) is 9.97 Å². The lowest BCUT2D eigenvalue weighted by Gasteiger charge is -2.17. The predicted octanol–water partition coefficient (Wildman–Crippen LogP) is 13.5. The van der Waals surface area contributed by atoms with Gasteiger partial charge in [-0.05, 0) is 73.1 Å². The van der Waals surface area contributed by atoms with Crippen molar-refractivity contribution < 1.29 is 0 Å². The van der Waals surface area contributed by atoms with Gasteiger partial charge < -0.3 is 0 Å². The van der Waals surface area contributed by atoms with Crippen LogP contribution < -0.4 is 0 Å². The maximum Gasteiger partial charge on any atom is 0.161 e. The van der Waals surface area contributed by atoms with Crippen LogP contribution in [0, 0.1) is 0 Å². The van der Waals surface area contributed by atoms with Crippen LogP contribution in [0.4, 0.5) is 0 Å². The third kappa shape index (κ3) is 5.10. The zero-order valence-corrected chi connectivity index (χ0v) is 28.4. The smallest absolute Gasteiger partial charge is 0.161 e. The normalized spacial score (nSPS) is 11.5. The molecule has 51 heavy (non-hydrogen) atoms. The van der Waals surface area contributed by atoms with Gasteiger partial charge in [-0.2, -0.15) is 0 Å². The molecule has 0 saturated heterocycles. The van der Waals surface area contributed by atoms with Crippen LogP contribution in [0.3, 0.4) is 0 Å². The van der Waals surface area contributed by atoms with Crippen LogP contribution in [0.15, 0.2) is 182 Å². The van der Waals surface area contributed by atoms with E-state index < -0.39 is 0 Å². The number of aromatic nitrogens is 2. The number of hydrogen-bond donors (Lipinski definition) is 0. The summed E-state index contributed by atoms with van der Waals surface area (Å²) in [5, 5.41) is 8.35. The largest absolute Gasteiger partial charge is 0.228 e. The lowest BCUT2D eigenvalue weighted by atomic mass is 9.92. The van der Waals surface area contributed by atoms with E-state index in [0.29, 0.717) is 5.82 Å². The molecule has 238 valence electrons. The Balaban J connectivity index is 1.30. The Morgan fingerprint density at radius 2 is 0.941 bits per heavy atom. The number of fused-ring (bicyclic) bond motifs is 5. The lowest BCUT2D eigenvalue weighted by Crippen LogP contribution is -1.99. The Bertz CT molecular complexity index is 2890. The summed E-state index contributed by atoms with van der Waals surface area (Å²) in [6.45, 7) is 0. The van der Waals surface area contributed by atoms with Crippen molar-refractivity contribution in [3.63, 3.8) is 0 Å². The number of benzene rings is 8. The summed E-state index contributed by atoms with van der Waals surface area (Å²) >= 11 is 1.82. The van der Waals surface area contributed by atoms with Crippen molar-refractivity contribution >= 4 is 53.7 Å². The van der Waals surface area contributed by atoms with Gasteiger partial charge in [0.15, 0.2) is 5.82 Å². The molecule has 0 aliphatic heterocycles. The summed E-state index contributed by atoms with van der Waals surface area (Å²) in [7, 11) is 0. The quantitative estimate of drug-likeness (QED) is 0.135. The summed E-state index contributed by atoms with van der Waals surface area (Å²) in [6.07, 6.45) is 0. The average molecular weight is 667 g/mol. The molecule has 0 radical (unpaired) electrons. The molecule has 2 heterocycles. The summed E-state index contributed by atoms with van der Waals surface area (Å²) in [6, 6.07) is 65.0. The fourth-order valence-corrected chi connectivity index (χ4v) is 8.61. The van der Waals surface area contributed by atoms with Crippen LogP contribution in [-0.2, 0) is 0 Å². The van der Waals surface area contributed by atoms with Crippen LogP contribution >= 0.6 is 11.3 Å². The van der Waals surface area contributed by atoms with Crippen molar-refractivity contribution in [3.8, 4) is 55.5 Å². The molecular weight excluding hydrogens is 637 g/mol. The second-order valence-electron chi connectivity index (χ2n) is 12.9. The molecule has 10 aromatic rings. The van der Waals surface area contributed by atoms with Crippen LogP contribution in [-0.4, -0.2) is 9.97 Å². The van der Waals surface area contributed by atoms with Crippen LogP contribution in [0.5, 0.6) is 0 Å². The molecule has 0 atom stereocenters. The summed E-state index contributed by atoms with van der Waals surface area (Å²) in [4.78, 5) is 12.2. The molecule has 2 nitrogen and oxygen atoms in total. The predicted molar refractivity (Wildman–Crippen MR) is 217 cm³/mol. The third-order valence-electron chi connectivity index (χ3n) is 9.90. The van der Waals surface area contributed by atoms with Crippen LogP contribution in [0.25, 0.3) is 97.9 Å². The molecule has 0 unspecified atom stereocenters. The van der Waals surface area contributed by atoms with Crippen molar-refractivity contribution in [1.82, 2.24) is 9.97 Å². The van der Waals surface area contributed by atoms with Gasteiger partial charge >= 0.3 is 0 Å². The van der Waals surface area contributed by atoms with Gasteiger partial charge in [-0.25, -0.2) is 9.97 Å². The van der Waals surface area contributed by atoms with E-state index in [1.807, 2.05) is 11.3 Å². The Labute approximate surface area is 300 Å². The van der Waals surface area contributed by atoms with E-state index in [0.717, 1.165) is 50.0 Å². The Hall–Kier alpha value is -6.42. The number of rotatable bonds is 5. The molecule has 0 fully saturated rings. The van der Waals surface area contributed by atoms with Gasteiger partial charge in [0.1, 0.15) is 0 Å². The van der Waals surface area contributed by atoms with Gasteiger partial charge in [-0.15, -0.1) is 11.3 Å². The third-order valence-corrected chi connectivity index (χ3v) is 11.1. The fourth-order valence-electron chi connectivity index (χ4n) is 7.51. The van der Waals surface area contributed by atoms with E-state index in [2.05, 4.69) is 182 Å². The first-order chi connectivity index (χ1) is 25.3. The molecule has 0 N–H and O–H groups in total. The number of hydrogen-bond acceptors (Lipinski definition) is 3. The van der Waals surface area contributed by atoms with Gasteiger partial charge in [-0.3, -0.25) is 0 Å². The van der Waals surface area contributed by atoms with Crippen molar-refractivity contribution in [2.45, 2.75) is 0 Å². The first kappa shape index (κ1) is 29.5. The SMILES string of the molecule is c1ccc(-c2ccccc2-c2cc(-c3ccccc3-c3cc4ccccc4s3)nc(-c3c4ccccc4cc4c3ccc3ccccc34)n2)cc1. The highest BCUT2D eigenvalue weighted by Gasteiger charge is 2.20. The highest BCUT2D eigenvalue weighted by Crippen LogP contribution is 2.43. The maximum absolute atomic E-state index is 5.52. The van der Waals surface area contributed by atoms with Crippen LogP contribution in [0.1, 0.15) is 0 Å². The molecule has 3 heteroatoms. The monoisotopic (exact) mass is 666 g/mol. The summed E-state index contributed by atoms with van der Waals surface area (Å²) in [5.41, 5.74) is 8.45. The number of nitrogens with zero attached hydrogens (tertiary/aromatic N) is 2. The van der Waals surface area contributed by atoms with Gasteiger partial charge in [0, 0.05) is 31.8 Å². The first-order valence-electron chi connectivity index (χ1n) is 17.2. The molecule has 0 bridgehead atoms. The van der Waals surface area contributed by atoms with Gasteiger partial charge in [0.05, 0.1) is 11.4 Å². The van der Waals surface area contributed by atoms with Gasteiger partial charge in [-0.1, -0.05) is 158 Å². The summed E-state index contributed by atoms with van der Waals surface area (Å²) < 4.78 is 1.28. The highest BCUT2D eigenvalue weighted by atomic mass is 32.1. The first-order valence-corrected chi connectivity index (χ1v) is 18.1. The molecule has 0 amide bonds. The molecule has 2 aromatic heterocycles. The standard InChI is InChI=1S/C48H30N2S/c1-2-14-31(15-3-1)35-19-9-10-22-38(35)43-30-44(39-23-11-12-24-40(39)46-29-34-18-6-13-25-45(34)51-46)50-48(49-43)47-37-21-8-5-17-33(37)28-42-36-20-7-4-16-32(36)26-27-41(42)47/h1-30H. The zero-order chi connectivity index (χ0) is 33.7. The second-order valence-corrected chi connectivity index (χ2v) is 14.0. The van der Waals surface area contributed by atoms with Crippen molar-refractivity contribution in [3.05, 3.63) is 182 Å². The minimum atomic E-state index is 0.716. The zero-order valence-electron chi connectivity index (χ0n) is 27.6. The second kappa shape index (κ2) is 12.2. The van der Waals surface area contributed by atoms with Gasteiger partial charge in [0.2, 0.25) is 0 Å². The summed E-state index contributed by atoms with van der Waals surface area (Å²) in [5.74, 6) is 0.716. The lowest BCUT2D eigenvalue weighted by molar-refractivity contribution is 1.19. The molecule has 8 aromatic carbocycles. The van der Waals surface area contributed by atoms with Crippen LogP contribution in [0.2, 0.25) is 0 Å². The van der Waals surface area contributed by atoms with Crippen molar-refractivity contribution in [1.29, 1.82) is 0 Å². The molecule has 10 rings (SSSR count). The Morgan fingerprint density at radius 3 is 1.71 bits per heavy atom. The van der Waals surface area contributed by atoms with E-state index in [9.17, 15) is 0 Å². The van der Waals surface area contributed by atoms with Gasteiger partial charge in [0.25, 0.3) is 0 Å². The molecule has 0 spiro atoms. The molecular formula is C48H30N2S. The molecule has 0 aliphatic rings. The van der Waals surface area contributed by atoms with E-state index in [1.165, 1.54) is 42.1 Å². The Kier molecular flexibility index (Phi) is 7.04. The highest BCUT2D eigenvalue weighted by molar-refractivity contribution is 7.22. The van der Waals surface area contributed by atoms with Crippen molar-refractivity contribution in [2.24, 2.45) is 0 Å². The Morgan fingerprint density at radius 1 is 0.353 bits per heavy atom. The fraction of sp³-hybridized carbons (Fsp3) is 0. The molecule has 0 aliphatic carbocycles. The van der Waals surface area contributed by atoms with E-state index in [-0.39, 0.29) is 0 Å². The topological polar surface area (TPSA) is 25.8 Å². The minimum Gasteiger partial charge on any atom is -0.228 e. The molecule has 0 saturated carbocycles. The van der Waals surface area contributed by atoms with E-state index >= 15 is 0 Å². The number of thiophene rings is 1. The van der Waals surface area contributed by atoms with E-state index in [1.54, 1.807) is 0 Å². The minimum absolute atomic E-state index is 0.716.